The average molecular weight is 372 g/mol. The molecule has 0 radical (unpaired) electrons. The van der Waals surface area contributed by atoms with Gasteiger partial charge in [0.15, 0.2) is 5.82 Å². The molecule has 0 spiro atoms. The van der Waals surface area contributed by atoms with Gasteiger partial charge in [0.1, 0.15) is 6.04 Å². The molecule has 142 valence electrons. The van der Waals surface area contributed by atoms with Crippen LogP contribution in [-0.2, 0) is 0 Å². The molecular weight excluding hydrogens is 346 g/mol. The number of hydrogen-bond acceptors (Lipinski definition) is 2. The highest BCUT2D eigenvalue weighted by atomic mass is 16.1. The predicted octanol–water partition coefficient (Wildman–Crippen LogP) is 3.96. The molecule has 0 amide bonds. The Hall–Kier alpha value is -2.98. The van der Waals surface area contributed by atoms with Crippen molar-refractivity contribution < 1.29 is 5.32 Å². The van der Waals surface area contributed by atoms with Gasteiger partial charge in [-0.05, 0) is 48.4 Å². The van der Waals surface area contributed by atoms with Crippen molar-refractivity contribution in [1.82, 2.24) is 9.55 Å². The van der Waals surface area contributed by atoms with E-state index in [9.17, 15) is 4.79 Å². The van der Waals surface area contributed by atoms with Gasteiger partial charge in [-0.1, -0.05) is 55.8 Å². The maximum absolute atomic E-state index is 13.4. The third kappa shape index (κ3) is 3.43. The van der Waals surface area contributed by atoms with E-state index in [0.717, 1.165) is 47.2 Å². The second-order valence-corrected chi connectivity index (χ2v) is 7.33. The SMILES string of the molecule is CCCC[NH2+][C@@H](C)c1nc2ccccc2c(=O)n1-c1ccc2ccccc2c1. The number of benzene rings is 3. The Balaban J connectivity index is 1.92. The molecule has 0 fully saturated rings. The summed E-state index contributed by atoms with van der Waals surface area (Å²) in [7, 11) is 0. The number of aromatic nitrogens is 2. The summed E-state index contributed by atoms with van der Waals surface area (Å²) in [4.78, 5) is 18.3. The quantitative estimate of drug-likeness (QED) is 0.521. The minimum absolute atomic E-state index is 0.00776. The second kappa shape index (κ2) is 7.95. The fraction of sp³-hybridized carbons (Fsp3) is 0.250. The lowest BCUT2D eigenvalue weighted by Gasteiger charge is -2.18. The fourth-order valence-electron chi connectivity index (χ4n) is 3.70. The molecule has 4 nitrogen and oxygen atoms in total. The molecule has 3 aromatic carbocycles. The monoisotopic (exact) mass is 372 g/mol. The Bertz CT molecular complexity index is 1180. The molecule has 0 saturated carbocycles. The first kappa shape index (κ1) is 18.4. The zero-order chi connectivity index (χ0) is 19.5. The van der Waals surface area contributed by atoms with Crippen LogP contribution in [0.1, 0.15) is 38.6 Å². The number of para-hydroxylation sites is 1. The van der Waals surface area contributed by atoms with Crippen LogP contribution in [0.4, 0.5) is 0 Å². The van der Waals surface area contributed by atoms with E-state index >= 15 is 0 Å². The van der Waals surface area contributed by atoms with Crippen LogP contribution in [0, 0.1) is 0 Å². The molecule has 28 heavy (non-hydrogen) atoms. The smallest absolute Gasteiger partial charge is 0.266 e. The summed E-state index contributed by atoms with van der Waals surface area (Å²) in [5.41, 5.74) is 1.62. The molecule has 0 aliphatic heterocycles. The number of nitrogens with two attached hydrogens (primary N) is 1. The van der Waals surface area contributed by atoms with Crippen LogP contribution >= 0.6 is 0 Å². The molecule has 1 aromatic heterocycles. The summed E-state index contributed by atoms with van der Waals surface area (Å²) < 4.78 is 1.79. The van der Waals surface area contributed by atoms with Gasteiger partial charge in [0, 0.05) is 0 Å². The summed E-state index contributed by atoms with van der Waals surface area (Å²) in [6, 6.07) is 22.1. The topological polar surface area (TPSA) is 51.5 Å². The van der Waals surface area contributed by atoms with Crippen LogP contribution in [-0.4, -0.2) is 16.1 Å². The normalized spacial score (nSPS) is 12.5. The third-order valence-electron chi connectivity index (χ3n) is 5.28. The predicted molar refractivity (Wildman–Crippen MR) is 115 cm³/mol. The summed E-state index contributed by atoms with van der Waals surface area (Å²) in [6.07, 6.45) is 2.31. The molecule has 2 N–H and O–H groups in total. The number of hydrogen-bond donors (Lipinski definition) is 1. The molecule has 4 heteroatoms. The highest BCUT2D eigenvalue weighted by molar-refractivity contribution is 5.85. The zero-order valence-corrected chi connectivity index (χ0v) is 16.4. The minimum Gasteiger partial charge on any atom is -0.338 e. The van der Waals surface area contributed by atoms with Gasteiger partial charge in [-0.2, -0.15) is 0 Å². The number of quaternary nitrogens is 1. The van der Waals surface area contributed by atoms with E-state index in [0.29, 0.717) is 5.39 Å². The molecule has 0 unspecified atom stereocenters. The molecule has 4 rings (SSSR count). The Kier molecular flexibility index (Phi) is 5.22. The lowest BCUT2D eigenvalue weighted by atomic mass is 10.1. The molecule has 1 heterocycles. The molecule has 0 aliphatic carbocycles. The number of nitrogens with zero attached hydrogens (tertiary/aromatic N) is 2. The largest absolute Gasteiger partial charge is 0.338 e. The second-order valence-electron chi connectivity index (χ2n) is 7.33. The van der Waals surface area contributed by atoms with Crippen LogP contribution < -0.4 is 10.9 Å². The van der Waals surface area contributed by atoms with E-state index < -0.39 is 0 Å². The van der Waals surface area contributed by atoms with Crippen molar-refractivity contribution in [2.24, 2.45) is 0 Å². The highest BCUT2D eigenvalue weighted by Gasteiger charge is 2.20. The third-order valence-corrected chi connectivity index (χ3v) is 5.28. The first-order valence-corrected chi connectivity index (χ1v) is 10.0. The molecule has 0 bridgehead atoms. The fourth-order valence-corrected chi connectivity index (χ4v) is 3.70. The van der Waals surface area contributed by atoms with Gasteiger partial charge >= 0.3 is 0 Å². The Morgan fingerprint density at radius 1 is 1.00 bits per heavy atom. The van der Waals surface area contributed by atoms with Crippen LogP contribution in [0.5, 0.6) is 0 Å². The number of fused-ring (bicyclic) bond motifs is 2. The standard InChI is InChI=1S/C24H25N3O/c1-3-4-15-25-17(2)23-26-22-12-8-7-11-21(22)24(28)27(23)20-14-13-18-9-5-6-10-19(18)16-20/h5-14,16-17,25H,3-4,15H2,1-2H3/p+1/t17-/m0/s1. The van der Waals surface area contributed by atoms with Crippen molar-refractivity contribution in [1.29, 1.82) is 0 Å². The van der Waals surface area contributed by atoms with Gasteiger partial charge in [0.2, 0.25) is 0 Å². The maximum atomic E-state index is 13.4. The van der Waals surface area contributed by atoms with Crippen LogP contribution in [0.25, 0.3) is 27.4 Å². The lowest BCUT2D eigenvalue weighted by Crippen LogP contribution is -2.85. The van der Waals surface area contributed by atoms with Crippen molar-refractivity contribution in [3.05, 3.63) is 82.9 Å². The lowest BCUT2D eigenvalue weighted by molar-refractivity contribution is -0.694. The molecule has 0 saturated heterocycles. The van der Waals surface area contributed by atoms with Gasteiger partial charge in [-0.3, -0.25) is 9.36 Å². The van der Waals surface area contributed by atoms with E-state index in [4.69, 9.17) is 4.98 Å². The number of unbranched alkanes of at least 4 members (excludes halogenated alkanes) is 1. The van der Waals surface area contributed by atoms with Gasteiger partial charge < -0.3 is 5.32 Å². The van der Waals surface area contributed by atoms with E-state index in [1.165, 1.54) is 0 Å². The van der Waals surface area contributed by atoms with Crippen LogP contribution in [0.3, 0.4) is 0 Å². The highest BCUT2D eigenvalue weighted by Crippen LogP contribution is 2.21. The Morgan fingerprint density at radius 3 is 2.57 bits per heavy atom. The van der Waals surface area contributed by atoms with Crippen LogP contribution in [0.15, 0.2) is 71.5 Å². The first-order valence-electron chi connectivity index (χ1n) is 10.0. The molecule has 1 atom stereocenters. The maximum Gasteiger partial charge on any atom is 0.266 e. The van der Waals surface area contributed by atoms with Crippen LogP contribution in [0.2, 0.25) is 0 Å². The summed E-state index contributed by atoms with van der Waals surface area (Å²) in [6.45, 7) is 5.35. The Labute approximate surface area is 164 Å². The van der Waals surface area contributed by atoms with Crippen molar-refractivity contribution in [3.8, 4) is 5.69 Å². The summed E-state index contributed by atoms with van der Waals surface area (Å²) in [5.74, 6) is 0.801. The van der Waals surface area contributed by atoms with Gasteiger partial charge in [0.05, 0.1) is 23.1 Å². The van der Waals surface area contributed by atoms with Gasteiger partial charge in [0.25, 0.3) is 5.56 Å². The van der Waals surface area contributed by atoms with E-state index in [1.54, 1.807) is 4.57 Å². The Morgan fingerprint density at radius 2 is 1.75 bits per heavy atom. The number of rotatable bonds is 6. The zero-order valence-electron chi connectivity index (χ0n) is 16.4. The molecular formula is C24H26N3O+. The van der Waals surface area contributed by atoms with E-state index in [2.05, 4.69) is 43.4 Å². The van der Waals surface area contributed by atoms with Crippen molar-refractivity contribution in [2.75, 3.05) is 6.54 Å². The van der Waals surface area contributed by atoms with E-state index in [1.807, 2.05) is 42.5 Å². The summed E-state index contributed by atoms with van der Waals surface area (Å²) >= 11 is 0. The average Bonchev–Trinajstić information content (AvgIpc) is 2.73. The molecule has 4 aromatic rings. The summed E-state index contributed by atoms with van der Waals surface area (Å²) in [5, 5.41) is 5.21. The van der Waals surface area contributed by atoms with Crippen molar-refractivity contribution in [3.63, 3.8) is 0 Å². The van der Waals surface area contributed by atoms with Crippen molar-refractivity contribution >= 4 is 21.7 Å². The van der Waals surface area contributed by atoms with Gasteiger partial charge in [-0.25, -0.2) is 4.98 Å². The first-order chi connectivity index (χ1) is 13.7. The van der Waals surface area contributed by atoms with E-state index in [-0.39, 0.29) is 11.6 Å². The molecule has 0 aliphatic rings. The van der Waals surface area contributed by atoms with Crippen molar-refractivity contribution in [2.45, 2.75) is 32.7 Å². The van der Waals surface area contributed by atoms with Gasteiger partial charge in [-0.15, -0.1) is 0 Å². The minimum atomic E-state index is -0.00776.